The van der Waals surface area contributed by atoms with Crippen molar-refractivity contribution in [3.8, 4) is 0 Å². The molecule has 170 valence electrons. The maximum atomic E-state index is 12.4. The highest BCUT2D eigenvalue weighted by Gasteiger charge is 2.22. The first-order valence-electron chi connectivity index (χ1n) is 12.0. The van der Waals surface area contributed by atoms with Crippen molar-refractivity contribution in [1.29, 1.82) is 0 Å². The van der Waals surface area contributed by atoms with Gasteiger partial charge in [0.05, 0.1) is 5.92 Å². The van der Waals surface area contributed by atoms with E-state index >= 15 is 0 Å². The third-order valence-electron chi connectivity index (χ3n) is 5.21. The largest absolute Gasteiger partial charge is 0.282 e. The van der Waals surface area contributed by atoms with Crippen LogP contribution in [-0.4, -0.2) is 23.3 Å². The fourth-order valence-electron chi connectivity index (χ4n) is 3.20. The quantitative estimate of drug-likeness (QED) is 0.161. The Kier molecular flexibility index (Phi) is 19.1. The zero-order valence-corrected chi connectivity index (χ0v) is 19.6. The van der Waals surface area contributed by atoms with Crippen molar-refractivity contribution in [1.82, 2.24) is 4.90 Å². The Hall–Kier alpha value is -1.90. The maximum absolute atomic E-state index is 12.4. The molecule has 0 fully saturated rings. The molecular weight excluding hydrogens is 370 g/mol. The fourth-order valence-corrected chi connectivity index (χ4v) is 3.20. The summed E-state index contributed by atoms with van der Waals surface area (Å²) in [6.45, 7) is 11.8. The van der Waals surface area contributed by atoms with Crippen molar-refractivity contribution >= 4 is 11.8 Å². The second-order valence-corrected chi connectivity index (χ2v) is 7.99. The highest BCUT2D eigenvalue weighted by molar-refractivity contribution is 5.97. The summed E-state index contributed by atoms with van der Waals surface area (Å²) >= 11 is 0. The Morgan fingerprint density at radius 1 is 0.833 bits per heavy atom. The Labute approximate surface area is 186 Å². The second-order valence-electron chi connectivity index (χ2n) is 7.99. The molecule has 0 aliphatic rings. The molecule has 0 spiro atoms. The van der Waals surface area contributed by atoms with Crippen LogP contribution in [0.3, 0.4) is 0 Å². The van der Waals surface area contributed by atoms with E-state index in [2.05, 4.69) is 44.4 Å². The van der Waals surface area contributed by atoms with Gasteiger partial charge in [0.15, 0.2) is 0 Å². The molecule has 0 saturated heterocycles. The summed E-state index contributed by atoms with van der Waals surface area (Å²) in [5.41, 5.74) is 0. The van der Waals surface area contributed by atoms with E-state index in [0.717, 1.165) is 32.1 Å². The van der Waals surface area contributed by atoms with Gasteiger partial charge >= 0.3 is 0 Å². The number of hydrogen-bond donors (Lipinski definition) is 0. The summed E-state index contributed by atoms with van der Waals surface area (Å²) in [6.07, 6.45) is 26.6. The van der Waals surface area contributed by atoms with Crippen molar-refractivity contribution in [2.24, 2.45) is 5.92 Å². The van der Waals surface area contributed by atoms with Crippen LogP contribution >= 0.6 is 0 Å². The van der Waals surface area contributed by atoms with E-state index in [-0.39, 0.29) is 24.2 Å². The van der Waals surface area contributed by atoms with Crippen molar-refractivity contribution in [2.75, 3.05) is 6.54 Å². The summed E-state index contributed by atoms with van der Waals surface area (Å²) in [7, 11) is 0. The van der Waals surface area contributed by atoms with Gasteiger partial charge in [-0.3, -0.25) is 14.5 Å². The van der Waals surface area contributed by atoms with Crippen LogP contribution in [0.1, 0.15) is 97.3 Å². The molecule has 0 radical (unpaired) electrons. The Bertz CT molecular complexity index is 533. The van der Waals surface area contributed by atoms with Crippen LogP contribution in [0.25, 0.3) is 0 Å². The van der Waals surface area contributed by atoms with Gasteiger partial charge in [-0.15, -0.1) is 13.2 Å². The van der Waals surface area contributed by atoms with Gasteiger partial charge in [-0.05, 0) is 38.5 Å². The predicted octanol–water partition coefficient (Wildman–Crippen LogP) is 7.55. The number of carbonyl (C=O) groups is 2. The van der Waals surface area contributed by atoms with Crippen LogP contribution in [0, 0.1) is 5.92 Å². The number of hydrogen-bond acceptors (Lipinski definition) is 2. The van der Waals surface area contributed by atoms with Crippen LogP contribution in [0.2, 0.25) is 0 Å². The minimum Gasteiger partial charge on any atom is -0.282 e. The van der Waals surface area contributed by atoms with Crippen LogP contribution in [0.5, 0.6) is 0 Å². The highest BCUT2D eigenvalue weighted by atomic mass is 16.2. The minimum absolute atomic E-state index is 0.153. The molecule has 0 N–H and O–H groups in total. The minimum atomic E-state index is -0.330. The normalized spacial score (nSPS) is 12.3. The van der Waals surface area contributed by atoms with E-state index in [9.17, 15) is 9.59 Å². The lowest BCUT2D eigenvalue weighted by molar-refractivity contribution is -0.145. The number of unbranched alkanes of at least 4 members (excludes halogenated alkanes) is 9. The average molecular weight is 416 g/mol. The summed E-state index contributed by atoms with van der Waals surface area (Å²) in [4.78, 5) is 25.9. The molecule has 3 heteroatoms. The van der Waals surface area contributed by atoms with Crippen LogP contribution in [0.15, 0.2) is 49.6 Å². The third kappa shape index (κ3) is 15.0. The van der Waals surface area contributed by atoms with E-state index in [0.29, 0.717) is 6.54 Å². The maximum Gasteiger partial charge on any atom is 0.235 e. The number of allylic oxidation sites excluding steroid dienone is 4. The Morgan fingerprint density at radius 3 is 1.97 bits per heavy atom. The van der Waals surface area contributed by atoms with Crippen molar-refractivity contribution in [3.05, 3.63) is 49.6 Å². The second kappa shape index (κ2) is 20.4. The first-order chi connectivity index (χ1) is 14.6. The van der Waals surface area contributed by atoms with Crippen LogP contribution < -0.4 is 0 Å². The topological polar surface area (TPSA) is 37.4 Å². The lowest BCUT2D eigenvalue weighted by Gasteiger charge is -2.22. The van der Waals surface area contributed by atoms with Crippen LogP contribution in [-0.2, 0) is 9.59 Å². The van der Waals surface area contributed by atoms with Gasteiger partial charge < -0.3 is 0 Å². The standard InChI is InChI=1S/C27H45NO2/c1-5-8-9-10-11-12-13-14-15-16-17-18-19-20-21-22-24-28(26(29)23-6-2)27(30)25(4)7-3/h6-7,11-12,14-15,25H,2-3,5,8-10,13,16-24H2,1,4H3/b12-11-,15-14-. The summed E-state index contributed by atoms with van der Waals surface area (Å²) in [5.74, 6) is -0.644. The molecule has 0 aliphatic carbocycles. The third-order valence-corrected chi connectivity index (χ3v) is 5.21. The predicted molar refractivity (Wildman–Crippen MR) is 130 cm³/mol. The van der Waals surface area contributed by atoms with Crippen molar-refractivity contribution in [2.45, 2.75) is 97.3 Å². The van der Waals surface area contributed by atoms with Gasteiger partial charge in [-0.25, -0.2) is 0 Å². The van der Waals surface area contributed by atoms with Gasteiger partial charge in [0.2, 0.25) is 11.8 Å². The van der Waals surface area contributed by atoms with E-state index in [1.807, 2.05) is 0 Å². The number of nitrogens with zero attached hydrogens (tertiary/aromatic N) is 1. The van der Waals surface area contributed by atoms with Gasteiger partial charge in [0.25, 0.3) is 0 Å². The molecule has 0 bridgehead atoms. The monoisotopic (exact) mass is 415 g/mol. The molecule has 0 heterocycles. The molecule has 0 aromatic rings. The van der Waals surface area contributed by atoms with Gasteiger partial charge in [-0.1, -0.05) is 88.8 Å². The molecule has 0 aromatic heterocycles. The van der Waals surface area contributed by atoms with Gasteiger partial charge in [0.1, 0.15) is 0 Å². The summed E-state index contributed by atoms with van der Waals surface area (Å²) < 4.78 is 0. The van der Waals surface area contributed by atoms with Gasteiger partial charge in [-0.2, -0.15) is 0 Å². The summed E-state index contributed by atoms with van der Waals surface area (Å²) in [5, 5.41) is 0. The number of carbonyl (C=O) groups excluding carboxylic acids is 2. The van der Waals surface area contributed by atoms with Crippen LogP contribution in [0.4, 0.5) is 0 Å². The first-order valence-corrected chi connectivity index (χ1v) is 12.0. The molecule has 0 saturated carbocycles. The Balaban J connectivity index is 3.82. The molecule has 0 aliphatic heterocycles. The molecule has 30 heavy (non-hydrogen) atoms. The van der Waals surface area contributed by atoms with E-state index in [1.165, 1.54) is 49.8 Å². The van der Waals surface area contributed by atoms with Gasteiger partial charge in [0, 0.05) is 13.0 Å². The first kappa shape index (κ1) is 28.1. The molecule has 2 amide bonds. The molecular formula is C27H45NO2. The molecule has 3 nitrogen and oxygen atoms in total. The zero-order valence-electron chi connectivity index (χ0n) is 19.6. The van der Waals surface area contributed by atoms with E-state index in [4.69, 9.17) is 0 Å². The number of imide groups is 1. The average Bonchev–Trinajstić information content (AvgIpc) is 2.75. The number of rotatable bonds is 19. The lowest BCUT2D eigenvalue weighted by atomic mass is 10.1. The fraction of sp³-hybridized carbons (Fsp3) is 0.630. The summed E-state index contributed by atoms with van der Waals surface area (Å²) in [6, 6.07) is 0. The van der Waals surface area contributed by atoms with E-state index < -0.39 is 0 Å². The van der Waals surface area contributed by atoms with Crippen molar-refractivity contribution < 1.29 is 9.59 Å². The molecule has 0 rings (SSSR count). The highest BCUT2D eigenvalue weighted by Crippen LogP contribution is 2.11. The Morgan fingerprint density at radius 2 is 1.40 bits per heavy atom. The number of amides is 2. The molecule has 0 aromatic carbocycles. The SMILES string of the molecule is C=CCC(=O)N(CCCCCCCC/C=C\C/C=C\CCCCC)C(=O)C(C)C=C. The van der Waals surface area contributed by atoms with Crippen molar-refractivity contribution in [3.63, 3.8) is 0 Å². The lowest BCUT2D eigenvalue weighted by Crippen LogP contribution is -2.40. The molecule has 1 unspecified atom stereocenters. The zero-order chi connectivity index (χ0) is 22.5. The smallest absolute Gasteiger partial charge is 0.235 e. The van der Waals surface area contributed by atoms with E-state index in [1.54, 1.807) is 19.1 Å². The molecule has 1 atom stereocenters.